The first-order valence-electron chi connectivity index (χ1n) is 15.0. The second kappa shape index (κ2) is 18.6. The van der Waals surface area contributed by atoms with E-state index < -0.39 is 65.1 Å². The lowest BCUT2D eigenvalue weighted by Gasteiger charge is -2.26. The van der Waals surface area contributed by atoms with Crippen molar-refractivity contribution in [3.05, 3.63) is 48.0 Å². The normalized spacial score (nSPS) is 14.4. The van der Waals surface area contributed by atoms with Gasteiger partial charge in [-0.1, -0.05) is 64.1 Å². The molecule has 250 valence electrons. The van der Waals surface area contributed by atoms with Crippen LogP contribution in [-0.2, 0) is 35.1 Å². The third-order valence-electron chi connectivity index (χ3n) is 6.47. The van der Waals surface area contributed by atoms with Gasteiger partial charge in [-0.3, -0.25) is 24.0 Å². The summed E-state index contributed by atoms with van der Waals surface area (Å²) in [6.07, 6.45) is 1.61. The van der Waals surface area contributed by atoms with Crippen LogP contribution in [0.15, 0.2) is 42.5 Å². The molecule has 0 spiro atoms. The van der Waals surface area contributed by atoms with Crippen LogP contribution < -0.4 is 27.2 Å². The van der Waals surface area contributed by atoms with Crippen LogP contribution in [-0.4, -0.2) is 70.4 Å². The molecule has 0 unspecified atom stereocenters. The highest BCUT2D eigenvalue weighted by molar-refractivity contribution is 6.43. The van der Waals surface area contributed by atoms with Crippen molar-refractivity contribution in [1.29, 1.82) is 0 Å². The number of primary amides is 1. The summed E-state index contributed by atoms with van der Waals surface area (Å²) in [5.41, 5.74) is 7.08. The third kappa shape index (κ3) is 15.5. The molecule has 0 bridgehead atoms. The van der Waals surface area contributed by atoms with Crippen LogP contribution in [0.5, 0.6) is 0 Å². The minimum absolute atomic E-state index is 0.0125. The highest BCUT2D eigenvalue weighted by atomic mass is 16.6. The third-order valence-corrected chi connectivity index (χ3v) is 6.47. The topological polar surface area (TPSA) is 206 Å². The van der Waals surface area contributed by atoms with Gasteiger partial charge in [0.2, 0.25) is 29.3 Å². The van der Waals surface area contributed by atoms with E-state index in [1.807, 2.05) is 19.3 Å². The van der Waals surface area contributed by atoms with Gasteiger partial charge in [-0.05, 0) is 57.1 Å². The molecule has 0 fully saturated rings. The molecule has 45 heavy (non-hydrogen) atoms. The summed E-state index contributed by atoms with van der Waals surface area (Å²) in [6, 6.07) is 4.59. The molecule has 1 aromatic carbocycles. The smallest absolute Gasteiger partial charge is 0.408 e. The van der Waals surface area contributed by atoms with Gasteiger partial charge < -0.3 is 31.6 Å². The summed E-state index contributed by atoms with van der Waals surface area (Å²) < 4.78 is 5.24. The number of ketones is 2. The minimum Gasteiger partial charge on any atom is -0.444 e. The molecule has 13 heteroatoms. The molecule has 0 aliphatic rings. The maximum Gasteiger partial charge on any atom is 0.408 e. The van der Waals surface area contributed by atoms with Gasteiger partial charge in [0.15, 0.2) is 0 Å². The van der Waals surface area contributed by atoms with Crippen LogP contribution in [0.3, 0.4) is 0 Å². The Bertz CT molecular complexity index is 1190. The molecule has 7 N–H and O–H groups in total. The van der Waals surface area contributed by atoms with E-state index in [1.165, 1.54) is 6.08 Å². The molecule has 4 atom stereocenters. The lowest BCUT2D eigenvalue weighted by atomic mass is 9.97. The van der Waals surface area contributed by atoms with E-state index in [9.17, 15) is 34.0 Å². The molecule has 0 heterocycles. The van der Waals surface area contributed by atoms with Crippen LogP contribution in [0.2, 0.25) is 0 Å². The van der Waals surface area contributed by atoms with Gasteiger partial charge >= 0.3 is 6.09 Å². The van der Waals surface area contributed by atoms with Crippen LogP contribution in [0, 0.1) is 11.8 Å². The first-order chi connectivity index (χ1) is 20.9. The van der Waals surface area contributed by atoms with Gasteiger partial charge in [0, 0.05) is 12.8 Å². The van der Waals surface area contributed by atoms with E-state index in [0.717, 1.165) is 6.08 Å². The van der Waals surface area contributed by atoms with Crippen molar-refractivity contribution < 1.29 is 38.7 Å². The molecule has 0 aromatic heterocycles. The van der Waals surface area contributed by atoms with Crippen LogP contribution in [0.1, 0.15) is 73.3 Å². The van der Waals surface area contributed by atoms with Crippen LogP contribution in [0.4, 0.5) is 4.79 Å². The average Bonchev–Trinajstić information content (AvgIpc) is 2.92. The zero-order valence-electron chi connectivity index (χ0n) is 27.2. The Kier molecular flexibility index (Phi) is 16.1. The average molecular weight is 632 g/mol. The summed E-state index contributed by atoms with van der Waals surface area (Å²) >= 11 is 0. The zero-order valence-corrected chi connectivity index (χ0v) is 27.2. The summed E-state index contributed by atoms with van der Waals surface area (Å²) in [4.78, 5) is 76.5. The van der Waals surface area contributed by atoms with Gasteiger partial charge in [-0.2, -0.15) is 5.48 Å². The Balaban J connectivity index is 3.25. The fourth-order valence-corrected chi connectivity index (χ4v) is 4.24. The molecule has 0 aliphatic carbocycles. The van der Waals surface area contributed by atoms with Crippen molar-refractivity contribution in [1.82, 2.24) is 21.4 Å². The number of alkyl carbamates (subject to hydrolysis) is 1. The molecule has 13 nitrogen and oxygen atoms in total. The van der Waals surface area contributed by atoms with Crippen molar-refractivity contribution in [2.45, 2.75) is 104 Å². The SMILES string of the molecule is CC(C)C[C@H](NC(=O)[C@@H](NO)C(C)C)C(=O)N[C@@H](Cc1ccccc1)C(=O)C(=O)/C=C/[C@H](CCC(N)=O)NC(=O)OC(C)(C)C. The molecule has 1 aromatic rings. The number of benzene rings is 1. The number of rotatable bonds is 18. The Labute approximate surface area is 265 Å². The predicted molar refractivity (Wildman–Crippen MR) is 168 cm³/mol. The van der Waals surface area contributed by atoms with E-state index in [1.54, 1.807) is 65.0 Å². The summed E-state index contributed by atoms with van der Waals surface area (Å²) in [7, 11) is 0. The second-order valence-corrected chi connectivity index (χ2v) is 12.6. The number of Topliss-reactive ketones (excluding diaryl/α,β-unsaturated/α-hetero) is 1. The summed E-state index contributed by atoms with van der Waals surface area (Å²) in [5, 5.41) is 17.3. The lowest BCUT2D eigenvalue weighted by Crippen LogP contribution is -2.56. The summed E-state index contributed by atoms with van der Waals surface area (Å²) in [5.74, 6) is -4.09. The number of carbonyl (C=O) groups is 6. The van der Waals surface area contributed by atoms with E-state index in [2.05, 4.69) is 16.0 Å². The van der Waals surface area contributed by atoms with Crippen molar-refractivity contribution >= 4 is 35.4 Å². The zero-order chi connectivity index (χ0) is 34.3. The fourth-order valence-electron chi connectivity index (χ4n) is 4.24. The van der Waals surface area contributed by atoms with Gasteiger partial charge in [0.25, 0.3) is 0 Å². The van der Waals surface area contributed by atoms with Crippen molar-refractivity contribution in [3.8, 4) is 0 Å². The fraction of sp³-hybridized carbons (Fsp3) is 0.562. The number of allylic oxidation sites excluding steroid dienone is 1. The van der Waals surface area contributed by atoms with Gasteiger partial charge in [0.1, 0.15) is 17.7 Å². The molecule has 0 radical (unpaired) electrons. The summed E-state index contributed by atoms with van der Waals surface area (Å²) in [6.45, 7) is 12.2. The highest BCUT2D eigenvalue weighted by Crippen LogP contribution is 2.12. The molecule has 0 saturated heterocycles. The van der Waals surface area contributed by atoms with E-state index in [0.29, 0.717) is 5.56 Å². The highest BCUT2D eigenvalue weighted by Gasteiger charge is 2.32. The molecule has 1 rings (SSSR count). The largest absolute Gasteiger partial charge is 0.444 e. The molecule has 0 aliphatic heterocycles. The maximum absolute atomic E-state index is 13.5. The molecule has 0 saturated carbocycles. The Morgan fingerprint density at radius 1 is 0.911 bits per heavy atom. The number of nitrogens with one attached hydrogen (secondary N) is 4. The standard InChI is InChI=1S/C32H49N5O8/c1-19(2)17-24(36-30(42)27(37-44)20(3)4)29(41)35-23(18-21-11-9-8-10-12-21)28(40)25(38)15-13-22(14-16-26(33)39)34-31(43)45-32(5,6)7/h8-13,15,19-20,22-24,27,37,44H,14,16-18H2,1-7H3,(H2,33,39)(H,34,43)(H,35,41)(H,36,42)/b15-13+/t22-,23+,24+,27+/m1/s1. The van der Waals surface area contributed by atoms with E-state index >= 15 is 0 Å². The Morgan fingerprint density at radius 3 is 2.02 bits per heavy atom. The lowest BCUT2D eigenvalue weighted by molar-refractivity contribution is -0.137. The van der Waals surface area contributed by atoms with Crippen molar-refractivity contribution in [3.63, 3.8) is 0 Å². The Morgan fingerprint density at radius 2 is 1.51 bits per heavy atom. The number of hydrogen-bond donors (Lipinski definition) is 6. The minimum atomic E-state index is -1.29. The molecular weight excluding hydrogens is 582 g/mol. The second-order valence-electron chi connectivity index (χ2n) is 12.6. The quantitative estimate of drug-likeness (QED) is 0.0796. The van der Waals surface area contributed by atoms with Crippen molar-refractivity contribution in [2.24, 2.45) is 17.6 Å². The molecule has 4 amide bonds. The first kappa shape index (κ1) is 38.9. The first-order valence-corrected chi connectivity index (χ1v) is 15.0. The number of ether oxygens (including phenoxy) is 1. The molecular formula is C32H49N5O8. The van der Waals surface area contributed by atoms with E-state index in [4.69, 9.17) is 10.5 Å². The monoisotopic (exact) mass is 631 g/mol. The number of carbonyl (C=O) groups excluding carboxylic acids is 6. The van der Waals surface area contributed by atoms with Gasteiger partial charge in [-0.15, -0.1) is 0 Å². The van der Waals surface area contributed by atoms with Crippen LogP contribution >= 0.6 is 0 Å². The maximum atomic E-state index is 13.5. The Hall–Kier alpha value is -4.10. The van der Waals surface area contributed by atoms with Crippen molar-refractivity contribution in [2.75, 3.05) is 0 Å². The number of hydroxylamine groups is 1. The number of amides is 4. The van der Waals surface area contributed by atoms with Gasteiger partial charge in [-0.25, -0.2) is 4.79 Å². The number of nitrogens with two attached hydrogens (primary N) is 1. The van der Waals surface area contributed by atoms with Crippen LogP contribution in [0.25, 0.3) is 0 Å². The van der Waals surface area contributed by atoms with Gasteiger partial charge in [0.05, 0.1) is 12.1 Å². The predicted octanol–water partition coefficient (Wildman–Crippen LogP) is 2.10. The van der Waals surface area contributed by atoms with E-state index in [-0.39, 0.29) is 37.5 Å². The number of hydrogen-bond acceptors (Lipinski definition) is 9.